The van der Waals surface area contributed by atoms with Crippen LogP contribution in [0.2, 0.25) is 0 Å². The average molecular weight is 404 g/mol. The van der Waals surface area contributed by atoms with Gasteiger partial charge in [-0.05, 0) is 30.3 Å². The number of amides is 2. The summed E-state index contributed by atoms with van der Waals surface area (Å²) in [6.45, 7) is 0. The van der Waals surface area contributed by atoms with Crippen LogP contribution >= 0.6 is 0 Å². The van der Waals surface area contributed by atoms with E-state index in [0.29, 0.717) is 16.8 Å². The van der Waals surface area contributed by atoms with Crippen LogP contribution in [0.1, 0.15) is 32.4 Å². The smallest absolute Gasteiger partial charge is 0.276 e. The molecule has 2 amide bonds. The molecule has 1 heterocycles. The van der Waals surface area contributed by atoms with E-state index in [9.17, 15) is 24.8 Å². The van der Waals surface area contributed by atoms with Crippen LogP contribution in [0.5, 0.6) is 5.75 Å². The second kappa shape index (κ2) is 7.55. The minimum atomic E-state index is -0.865. The maximum atomic E-state index is 13.1. The van der Waals surface area contributed by atoms with E-state index in [1.807, 2.05) is 0 Å². The maximum Gasteiger partial charge on any atom is 0.276 e. The molecule has 0 aromatic heterocycles. The van der Waals surface area contributed by atoms with Crippen LogP contribution in [0, 0.1) is 10.1 Å². The van der Waals surface area contributed by atoms with E-state index in [1.165, 1.54) is 30.3 Å². The Labute approximate surface area is 170 Å². The fourth-order valence-corrected chi connectivity index (χ4v) is 3.21. The molecule has 9 heteroatoms. The SMILES string of the molecule is O=C(NN1C(=O)c2ccccc2NC1c1ccccc1O)c1ccc([N+](=O)[O-])cc1. The minimum absolute atomic E-state index is 0.0447. The highest BCUT2D eigenvalue weighted by Crippen LogP contribution is 2.35. The summed E-state index contributed by atoms with van der Waals surface area (Å²) in [5.74, 6) is -1.13. The first-order valence-corrected chi connectivity index (χ1v) is 8.98. The third kappa shape index (κ3) is 3.39. The first-order valence-electron chi connectivity index (χ1n) is 8.98. The van der Waals surface area contributed by atoms with Gasteiger partial charge in [0.2, 0.25) is 0 Å². The summed E-state index contributed by atoms with van der Waals surface area (Å²) in [5, 5.41) is 25.4. The molecule has 1 aliphatic rings. The third-order valence-corrected chi connectivity index (χ3v) is 4.72. The summed E-state index contributed by atoms with van der Waals surface area (Å²) in [6, 6.07) is 18.3. The third-order valence-electron chi connectivity index (χ3n) is 4.72. The number of nitro benzene ring substituents is 1. The zero-order valence-corrected chi connectivity index (χ0v) is 15.5. The molecular formula is C21H16N4O5. The fourth-order valence-electron chi connectivity index (χ4n) is 3.21. The van der Waals surface area contributed by atoms with Crippen molar-refractivity contribution in [2.24, 2.45) is 0 Å². The van der Waals surface area contributed by atoms with Gasteiger partial charge >= 0.3 is 0 Å². The normalized spacial score (nSPS) is 15.1. The number of hydrogen-bond acceptors (Lipinski definition) is 6. The number of nitro groups is 1. The number of carbonyl (C=O) groups excluding carboxylic acids is 2. The Hall–Kier alpha value is -4.40. The highest BCUT2D eigenvalue weighted by molar-refractivity contribution is 6.04. The van der Waals surface area contributed by atoms with Crippen LogP contribution in [0.3, 0.4) is 0 Å². The molecule has 0 radical (unpaired) electrons. The van der Waals surface area contributed by atoms with E-state index in [1.54, 1.807) is 42.5 Å². The summed E-state index contributed by atoms with van der Waals surface area (Å²) >= 11 is 0. The lowest BCUT2D eigenvalue weighted by atomic mass is 10.0. The molecule has 3 aromatic rings. The topological polar surface area (TPSA) is 125 Å². The number of non-ortho nitro benzene ring substituents is 1. The van der Waals surface area contributed by atoms with Crippen molar-refractivity contribution in [2.45, 2.75) is 6.17 Å². The number of phenolic OH excluding ortho intramolecular Hbond substituents is 1. The zero-order chi connectivity index (χ0) is 21.3. The molecule has 1 atom stereocenters. The predicted molar refractivity (Wildman–Crippen MR) is 108 cm³/mol. The Morgan fingerprint density at radius 2 is 1.70 bits per heavy atom. The number of fused-ring (bicyclic) bond motifs is 1. The van der Waals surface area contributed by atoms with Crippen LogP contribution in [-0.4, -0.2) is 26.9 Å². The molecule has 4 rings (SSSR count). The fraction of sp³-hybridized carbons (Fsp3) is 0.0476. The number of nitrogens with one attached hydrogen (secondary N) is 2. The van der Waals surface area contributed by atoms with E-state index in [2.05, 4.69) is 10.7 Å². The summed E-state index contributed by atoms with van der Waals surface area (Å²) in [4.78, 5) is 36.1. The molecular weight excluding hydrogens is 388 g/mol. The standard InChI is InChI=1S/C21H16N4O5/c26-18-8-4-2-6-16(18)19-22-17-7-3-1-5-15(17)21(28)24(19)23-20(27)13-9-11-14(12-10-13)25(29)30/h1-12,19,22,26H,(H,23,27). The summed E-state index contributed by atoms with van der Waals surface area (Å²) in [5.41, 5.74) is 3.86. The van der Waals surface area contributed by atoms with Crippen LogP contribution in [-0.2, 0) is 0 Å². The van der Waals surface area contributed by atoms with Crippen molar-refractivity contribution in [1.29, 1.82) is 0 Å². The molecule has 30 heavy (non-hydrogen) atoms. The Morgan fingerprint density at radius 1 is 1.03 bits per heavy atom. The Bertz CT molecular complexity index is 1150. The highest BCUT2D eigenvalue weighted by atomic mass is 16.6. The number of nitrogens with zero attached hydrogens (tertiary/aromatic N) is 2. The van der Waals surface area contributed by atoms with E-state index in [-0.39, 0.29) is 17.0 Å². The van der Waals surface area contributed by atoms with E-state index in [4.69, 9.17) is 0 Å². The first kappa shape index (κ1) is 18.9. The van der Waals surface area contributed by atoms with E-state index >= 15 is 0 Å². The van der Waals surface area contributed by atoms with Gasteiger partial charge in [0, 0.05) is 28.9 Å². The molecule has 150 valence electrons. The van der Waals surface area contributed by atoms with Crippen molar-refractivity contribution < 1.29 is 19.6 Å². The van der Waals surface area contributed by atoms with Crippen molar-refractivity contribution in [3.63, 3.8) is 0 Å². The van der Waals surface area contributed by atoms with Gasteiger partial charge in [-0.15, -0.1) is 0 Å². The number of phenols is 1. The molecule has 0 bridgehead atoms. The van der Waals surface area contributed by atoms with Crippen molar-refractivity contribution in [2.75, 3.05) is 5.32 Å². The quantitative estimate of drug-likeness (QED) is 0.453. The molecule has 9 nitrogen and oxygen atoms in total. The van der Waals surface area contributed by atoms with Crippen LogP contribution in [0.4, 0.5) is 11.4 Å². The molecule has 0 fully saturated rings. The van der Waals surface area contributed by atoms with Crippen LogP contribution in [0.25, 0.3) is 0 Å². The second-order valence-corrected chi connectivity index (χ2v) is 6.57. The van der Waals surface area contributed by atoms with Gasteiger partial charge in [-0.3, -0.25) is 25.1 Å². The maximum absolute atomic E-state index is 13.1. The van der Waals surface area contributed by atoms with Gasteiger partial charge in [0.25, 0.3) is 17.5 Å². The van der Waals surface area contributed by atoms with Crippen LogP contribution in [0.15, 0.2) is 72.8 Å². The number of hydrazine groups is 1. The average Bonchev–Trinajstić information content (AvgIpc) is 2.76. The van der Waals surface area contributed by atoms with Crippen molar-refractivity contribution in [1.82, 2.24) is 10.4 Å². The van der Waals surface area contributed by atoms with Gasteiger partial charge in [0.1, 0.15) is 5.75 Å². The zero-order valence-electron chi connectivity index (χ0n) is 15.5. The number of hydrogen-bond donors (Lipinski definition) is 3. The summed E-state index contributed by atoms with van der Waals surface area (Å²) < 4.78 is 0. The molecule has 3 N–H and O–H groups in total. The Morgan fingerprint density at radius 3 is 2.40 bits per heavy atom. The summed E-state index contributed by atoms with van der Waals surface area (Å²) in [7, 11) is 0. The van der Waals surface area contributed by atoms with Gasteiger partial charge in [-0.1, -0.05) is 30.3 Å². The van der Waals surface area contributed by atoms with Crippen molar-refractivity contribution in [3.05, 3.63) is 99.6 Å². The molecule has 0 aliphatic carbocycles. The Kier molecular flexibility index (Phi) is 4.77. The first-order chi connectivity index (χ1) is 14.5. The van der Waals surface area contributed by atoms with Gasteiger partial charge in [-0.2, -0.15) is 0 Å². The van der Waals surface area contributed by atoms with Crippen molar-refractivity contribution >= 4 is 23.2 Å². The lowest BCUT2D eigenvalue weighted by Gasteiger charge is -2.37. The summed E-state index contributed by atoms with van der Waals surface area (Å²) in [6.07, 6.45) is -0.865. The number of benzene rings is 3. The molecule has 0 saturated heterocycles. The number of rotatable bonds is 4. The molecule has 0 spiro atoms. The number of aromatic hydroxyl groups is 1. The van der Waals surface area contributed by atoms with Gasteiger partial charge < -0.3 is 10.4 Å². The Balaban J connectivity index is 1.69. The number of anilines is 1. The molecule has 1 aliphatic heterocycles. The van der Waals surface area contributed by atoms with Gasteiger partial charge in [-0.25, -0.2) is 5.01 Å². The molecule has 0 saturated carbocycles. The number of para-hydroxylation sites is 2. The predicted octanol–water partition coefficient (Wildman–Crippen LogP) is 3.21. The van der Waals surface area contributed by atoms with Crippen LogP contribution < -0.4 is 10.7 Å². The molecule has 3 aromatic carbocycles. The van der Waals surface area contributed by atoms with E-state index in [0.717, 1.165) is 5.01 Å². The highest BCUT2D eigenvalue weighted by Gasteiger charge is 2.35. The lowest BCUT2D eigenvalue weighted by molar-refractivity contribution is -0.384. The lowest BCUT2D eigenvalue weighted by Crippen LogP contribution is -2.52. The largest absolute Gasteiger partial charge is 0.508 e. The monoisotopic (exact) mass is 404 g/mol. The number of carbonyl (C=O) groups is 2. The van der Waals surface area contributed by atoms with Gasteiger partial charge in [0.05, 0.1) is 10.5 Å². The minimum Gasteiger partial charge on any atom is -0.508 e. The molecule has 1 unspecified atom stereocenters. The van der Waals surface area contributed by atoms with Gasteiger partial charge in [0.15, 0.2) is 6.17 Å². The second-order valence-electron chi connectivity index (χ2n) is 6.57. The van der Waals surface area contributed by atoms with Crippen molar-refractivity contribution in [3.8, 4) is 5.75 Å². The van der Waals surface area contributed by atoms with E-state index < -0.39 is 22.9 Å².